The Balaban J connectivity index is 2.08. The molecule has 2 rings (SSSR count). The Bertz CT molecular complexity index is 826. The number of nitrogens with zero attached hydrogens (tertiary/aromatic N) is 1. The third-order valence-corrected chi connectivity index (χ3v) is 3.78. The van der Waals surface area contributed by atoms with Gasteiger partial charge >= 0.3 is 0 Å². The molecule has 6 nitrogen and oxygen atoms in total. The van der Waals surface area contributed by atoms with Gasteiger partial charge in [0.1, 0.15) is 11.6 Å². The summed E-state index contributed by atoms with van der Waals surface area (Å²) in [4.78, 5) is 12.4. The molecule has 0 aliphatic rings. The summed E-state index contributed by atoms with van der Waals surface area (Å²) in [6.45, 7) is 1.83. The van der Waals surface area contributed by atoms with Gasteiger partial charge in [-0.15, -0.1) is 0 Å². The fourth-order valence-corrected chi connectivity index (χ4v) is 2.32. The van der Waals surface area contributed by atoms with Gasteiger partial charge < -0.3 is 20.1 Å². The van der Waals surface area contributed by atoms with E-state index in [-0.39, 0.29) is 11.6 Å². The molecule has 26 heavy (non-hydrogen) atoms. The van der Waals surface area contributed by atoms with E-state index >= 15 is 0 Å². The molecule has 0 fully saturated rings. The number of benzene rings is 2. The van der Waals surface area contributed by atoms with Crippen LogP contribution in [-0.2, 0) is 4.79 Å². The number of carbonyl (C=O) groups is 1. The lowest BCUT2D eigenvalue weighted by Gasteiger charge is -2.16. The van der Waals surface area contributed by atoms with Crippen molar-refractivity contribution < 1.29 is 14.3 Å². The number of nitrogens with one attached hydrogen (secondary N) is 2. The van der Waals surface area contributed by atoms with Gasteiger partial charge in [0, 0.05) is 11.9 Å². The summed E-state index contributed by atoms with van der Waals surface area (Å²) in [5.41, 5.74) is 1.62. The van der Waals surface area contributed by atoms with E-state index in [0.29, 0.717) is 11.5 Å². The number of para-hydroxylation sites is 1. The van der Waals surface area contributed by atoms with E-state index < -0.39 is 5.91 Å². The smallest absolute Gasteiger partial charge is 0.263 e. The third-order valence-electron chi connectivity index (χ3n) is 3.78. The maximum absolute atomic E-state index is 12.4. The van der Waals surface area contributed by atoms with Crippen molar-refractivity contribution in [1.82, 2.24) is 5.32 Å². The number of carbonyl (C=O) groups excluding carboxylic acids is 1. The lowest BCUT2D eigenvalue weighted by molar-refractivity contribution is -0.117. The Morgan fingerprint density at radius 3 is 2.42 bits per heavy atom. The average Bonchev–Trinajstić information content (AvgIpc) is 2.68. The minimum Gasteiger partial charge on any atom is -0.493 e. The highest BCUT2D eigenvalue weighted by atomic mass is 16.5. The van der Waals surface area contributed by atoms with Crippen molar-refractivity contribution in [1.29, 1.82) is 5.26 Å². The van der Waals surface area contributed by atoms with Gasteiger partial charge in [0.25, 0.3) is 5.91 Å². The lowest BCUT2D eigenvalue weighted by Crippen LogP contribution is -2.28. The van der Waals surface area contributed by atoms with Crippen molar-refractivity contribution in [2.45, 2.75) is 13.0 Å². The third kappa shape index (κ3) is 4.77. The maximum Gasteiger partial charge on any atom is 0.263 e. The number of anilines is 1. The summed E-state index contributed by atoms with van der Waals surface area (Å²) in [6, 6.07) is 16.3. The van der Waals surface area contributed by atoms with Crippen LogP contribution < -0.4 is 20.1 Å². The summed E-state index contributed by atoms with van der Waals surface area (Å²) in [7, 11) is 3.11. The first-order chi connectivity index (χ1) is 12.6. The molecule has 2 aromatic carbocycles. The van der Waals surface area contributed by atoms with Gasteiger partial charge in [-0.1, -0.05) is 24.3 Å². The molecule has 6 heteroatoms. The molecule has 0 saturated heterocycles. The van der Waals surface area contributed by atoms with Crippen LogP contribution in [0.4, 0.5) is 5.69 Å². The van der Waals surface area contributed by atoms with Crippen LogP contribution in [0, 0.1) is 11.3 Å². The first kappa shape index (κ1) is 18.9. The number of hydrogen-bond acceptors (Lipinski definition) is 5. The Morgan fingerprint density at radius 1 is 1.12 bits per heavy atom. The van der Waals surface area contributed by atoms with Gasteiger partial charge in [0.05, 0.1) is 20.3 Å². The number of methoxy groups -OCH3 is 2. The van der Waals surface area contributed by atoms with Gasteiger partial charge in [-0.25, -0.2) is 0 Å². The van der Waals surface area contributed by atoms with Gasteiger partial charge in [0.2, 0.25) is 0 Å². The summed E-state index contributed by atoms with van der Waals surface area (Å²) >= 11 is 0. The van der Waals surface area contributed by atoms with Crippen LogP contribution in [0.5, 0.6) is 11.5 Å². The second kappa shape index (κ2) is 9.14. The summed E-state index contributed by atoms with van der Waals surface area (Å²) in [5, 5.41) is 15.0. The highest BCUT2D eigenvalue weighted by molar-refractivity contribution is 5.97. The number of hydrogen-bond donors (Lipinski definition) is 2. The van der Waals surface area contributed by atoms with Crippen LogP contribution in [0.25, 0.3) is 0 Å². The fourth-order valence-electron chi connectivity index (χ4n) is 2.32. The van der Waals surface area contributed by atoms with Crippen molar-refractivity contribution in [2.75, 3.05) is 19.5 Å². The van der Waals surface area contributed by atoms with Crippen LogP contribution in [0.1, 0.15) is 18.5 Å². The molecular formula is C20H21N3O3. The largest absolute Gasteiger partial charge is 0.493 e. The van der Waals surface area contributed by atoms with Crippen LogP contribution in [0.15, 0.2) is 60.3 Å². The maximum atomic E-state index is 12.4. The Morgan fingerprint density at radius 2 is 1.81 bits per heavy atom. The topological polar surface area (TPSA) is 83.4 Å². The van der Waals surface area contributed by atoms with Gasteiger partial charge in [-0.3, -0.25) is 4.79 Å². The lowest BCUT2D eigenvalue weighted by atomic mass is 10.1. The molecule has 0 heterocycles. The molecule has 0 saturated carbocycles. The van der Waals surface area contributed by atoms with Crippen LogP contribution in [-0.4, -0.2) is 20.1 Å². The Labute approximate surface area is 153 Å². The van der Waals surface area contributed by atoms with E-state index in [2.05, 4.69) is 10.6 Å². The molecule has 0 spiro atoms. The monoisotopic (exact) mass is 351 g/mol. The molecule has 0 radical (unpaired) electrons. The molecule has 0 aromatic heterocycles. The van der Waals surface area contributed by atoms with E-state index in [1.165, 1.54) is 6.20 Å². The van der Waals surface area contributed by atoms with Gasteiger partial charge in [0.15, 0.2) is 11.5 Å². The summed E-state index contributed by atoms with van der Waals surface area (Å²) < 4.78 is 10.5. The minimum atomic E-state index is -0.460. The number of nitriles is 1. The highest BCUT2D eigenvalue weighted by Gasteiger charge is 2.15. The second-order valence-corrected chi connectivity index (χ2v) is 5.49. The number of ether oxygens (including phenoxy) is 2. The van der Waals surface area contributed by atoms with E-state index in [9.17, 15) is 10.1 Å². The molecule has 0 aliphatic carbocycles. The molecule has 2 aromatic rings. The van der Waals surface area contributed by atoms with Gasteiger partial charge in [-0.05, 0) is 36.8 Å². The molecule has 0 aliphatic heterocycles. The Hall–Kier alpha value is -3.46. The normalized spacial score (nSPS) is 11.8. The first-order valence-electron chi connectivity index (χ1n) is 8.03. The zero-order valence-electron chi connectivity index (χ0n) is 14.9. The molecule has 1 unspecified atom stereocenters. The van der Waals surface area contributed by atoms with Crippen LogP contribution >= 0.6 is 0 Å². The highest BCUT2D eigenvalue weighted by Crippen LogP contribution is 2.29. The molecule has 0 bridgehead atoms. The van der Waals surface area contributed by atoms with E-state index in [1.807, 2.05) is 49.4 Å². The minimum absolute atomic E-state index is 0.0128. The predicted molar refractivity (Wildman–Crippen MR) is 99.9 cm³/mol. The molecule has 1 atom stereocenters. The van der Waals surface area contributed by atoms with E-state index in [1.54, 1.807) is 26.4 Å². The molecular weight excluding hydrogens is 330 g/mol. The van der Waals surface area contributed by atoms with Crippen LogP contribution in [0.3, 0.4) is 0 Å². The fraction of sp³-hybridized carbons (Fsp3) is 0.200. The second-order valence-electron chi connectivity index (χ2n) is 5.49. The first-order valence-corrected chi connectivity index (χ1v) is 8.03. The van der Waals surface area contributed by atoms with Crippen molar-refractivity contribution in [3.8, 4) is 17.6 Å². The number of amides is 1. The van der Waals surface area contributed by atoms with Crippen LogP contribution in [0.2, 0.25) is 0 Å². The zero-order chi connectivity index (χ0) is 18.9. The molecule has 134 valence electrons. The van der Waals surface area contributed by atoms with Gasteiger partial charge in [-0.2, -0.15) is 5.26 Å². The SMILES string of the molecule is COc1ccc(C(C)NC(=O)/C(C#N)=C\Nc2ccccc2)cc1OC. The standard InChI is InChI=1S/C20H21N3O3/c1-14(15-9-10-18(25-2)19(11-15)26-3)23-20(24)16(12-21)13-22-17-7-5-4-6-8-17/h4-11,13-14,22H,1-3H3,(H,23,24)/b16-13-. The van der Waals surface area contributed by atoms with E-state index in [0.717, 1.165) is 11.3 Å². The van der Waals surface area contributed by atoms with Crippen molar-refractivity contribution in [2.24, 2.45) is 0 Å². The average molecular weight is 351 g/mol. The predicted octanol–water partition coefficient (Wildman–Crippen LogP) is 3.40. The molecule has 1 amide bonds. The Kier molecular flexibility index (Phi) is 6.63. The number of rotatable bonds is 7. The van der Waals surface area contributed by atoms with E-state index in [4.69, 9.17) is 9.47 Å². The van der Waals surface area contributed by atoms with Crippen molar-refractivity contribution >= 4 is 11.6 Å². The van der Waals surface area contributed by atoms with Crippen molar-refractivity contribution in [3.63, 3.8) is 0 Å². The quantitative estimate of drug-likeness (QED) is 0.590. The summed E-state index contributed by atoms with van der Waals surface area (Å²) in [6.07, 6.45) is 1.39. The zero-order valence-corrected chi connectivity index (χ0v) is 14.9. The summed E-state index contributed by atoms with van der Waals surface area (Å²) in [5.74, 6) is 0.727. The molecule has 2 N–H and O–H groups in total. The van der Waals surface area contributed by atoms with Crippen molar-refractivity contribution in [3.05, 3.63) is 65.9 Å².